The molecule has 0 amide bonds. The summed E-state index contributed by atoms with van der Waals surface area (Å²) in [6, 6.07) is 5.95. The molecule has 2 N–H and O–H groups in total. The summed E-state index contributed by atoms with van der Waals surface area (Å²) in [5.74, 6) is 0.212. The van der Waals surface area contributed by atoms with Gasteiger partial charge in [0.1, 0.15) is 0 Å². The minimum Gasteiger partial charge on any atom is -0.396 e. The van der Waals surface area contributed by atoms with Crippen molar-refractivity contribution in [3.05, 3.63) is 46.1 Å². The third-order valence-corrected chi connectivity index (χ3v) is 3.87. The number of benzene rings is 1. The molecule has 94 valence electrons. The van der Waals surface area contributed by atoms with Gasteiger partial charge in [-0.1, -0.05) is 23.3 Å². The summed E-state index contributed by atoms with van der Waals surface area (Å²) in [7, 11) is 0. The van der Waals surface area contributed by atoms with E-state index < -0.39 is 0 Å². The van der Waals surface area contributed by atoms with Crippen molar-refractivity contribution in [1.82, 2.24) is 4.98 Å². The van der Waals surface area contributed by atoms with Gasteiger partial charge in [0.25, 0.3) is 0 Å². The van der Waals surface area contributed by atoms with Gasteiger partial charge in [0, 0.05) is 40.6 Å². The number of nitrogens with one attached hydrogen (secondary N) is 1. The summed E-state index contributed by atoms with van der Waals surface area (Å²) in [5, 5.41) is 11.4. The van der Waals surface area contributed by atoms with Crippen LogP contribution >= 0.6 is 11.6 Å². The molecule has 1 aliphatic rings. The van der Waals surface area contributed by atoms with E-state index in [-0.39, 0.29) is 12.5 Å². The van der Waals surface area contributed by atoms with Crippen molar-refractivity contribution in [3.63, 3.8) is 0 Å². The van der Waals surface area contributed by atoms with Gasteiger partial charge in [-0.05, 0) is 37.1 Å². The maximum absolute atomic E-state index is 9.44. The molecule has 0 saturated heterocycles. The third-order valence-electron chi connectivity index (χ3n) is 3.63. The molecule has 0 fully saturated rings. The number of hydrogen-bond acceptors (Lipinski definition) is 1. The minimum atomic E-state index is 0.198. The topological polar surface area (TPSA) is 36.0 Å². The monoisotopic (exact) mass is 261 g/mol. The SMILES string of the molecule is CC1=CC(CO)Cc2c([nH]c3ccc(Cl)cc23)C1. The number of hydrogen-bond donors (Lipinski definition) is 2. The minimum absolute atomic E-state index is 0.198. The average Bonchev–Trinajstić information content (AvgIpc) is 2.57. The first kappa shape index (κ1) is 11.8. The maximum atomic E-state index is 9.44. The zero-order valence-corrected chi connectivity index (χ0v) is 11.1. The first-order valence-corrected chi connectivity index (χ1v) is 6.62. The van der Waals surface area contributed by atoms with Crippen LogP contribution in [0.1, 0.15) is 18.2 Å². The molecule has 2 aromatic rings. The van der Waals surface area contributed by atoms with E-state index >= 15 is 0 Å². The van der Waals surface area contributed by atoms with Crippen molar-refractivity contribution in [2.24, 2.45) is 5.92 Å². The summed E-state index contributed by atoms with van der Waals surface area (Å²) >= 11 is 6.08. The van der Waals surface area contributed by atoms with E-state index in [0.29, 0.717) is 0 Å². The Bertz CT molecular complexity index is 627. The quantitative estimate of drug-likeness (QED) is 0.758. The summed E-state index contributed by atoms with van der Waals surface area (Å²) in [6.07, 6.45) is 3.99. The van der Waals surface area contributed by atoms with Crippen molar-refractivity contribution in [1.29, 1.82) is 0 Å². The molecule has 0 saturated carbocycles. The standard InChI is InChI=1S/C15H16ClNO/c1-9-4-10(8-18)6-12-13-7-11(16)2-3-14(13)17-15(12)5-9/h2-4,7,10,17-18H,5-6,8H2,1H3. The lowest BCUT2D eigenvalue weighted by atomic mass is 9.99. The second-order valence-corrected chi connectivity index (χ2v) is 5.55. The molecule has 0 radical (unpaired) electrons. The van der Waals surface area contributed by atoms with Crippen LogP contribution in [0.5, 0.6) is 0 Å². The number of rotatable bonds is 1. The highest BCUT2D eigenvalue weighted by Gasteiger charge is 2.19. The number of aromatic amines is 1. The fourth-order valence-corrected chi connectivity index (χ4v) is 3.01. The van der Waals surface area contributed by atoms with Crippen LogP contribution < -0.4 is 0 Å². The van der Waals surface area contributed by atoms with Gasteiger partial charge >= 0.3 is 0 Å². The van der Waals surface area contributed by atoms with Gasteiger partial charge < -0.3 is 10.1 Å². The number of aliphatic hydroxyl groups is 1. The highest BCUT2D eigenvalue weighted by Crippen LogP contribution is 2.31. The fourth-order valence-electron chi connectivity index (χ4n) is 2.84. The predicted octanol–water partition coefficient (Wildman–Crippen LogP) is 3.47. The van der Waals surface area contributed by atoms with E-state index in [9.17, 15) is 5.11 Å². The largest absolute Gasteiger partial charge is 0.396 e. The molecule has 1 aliphatic carbocycles. The maximum Gasteiger partial charge on any atom is 0.0497 e. The Labute approximate surface area is 111 Å². The predicted molar refractivity (Wildman–Crippen MR) is 75.0 cm³/mol. The molecule has 1 heterocycles. The van der Waals surface area contributed by atoms with E-state index in [4.69, 9.17) is 11.6 Å². The van der Waals surface area contributed by atoms with Crippen LogP contribution in [0, 0.1) is 5.92 Å². The van der Waals surface area contributed by atoms with E-state index in [1.54, 1.807) is 0 Å². The zero-order valence-electron chi connectivity index (χ0n) is 10.3. The van der Waals surface area contributed by atoms with E-state index in [0.717, 1.165) is 23.4 Å². The van der Waals surface area contributed by atoms with Crippen molar-refractivity contribution in [3.8, 4) is 0 Å². The molecule has 1 aromatic carbocycles. The molecule has 2 nitrogen and oxygen atoms in total. The van der Waals surface area contributed by atoms with Gasteiger partial charge in [0.2, 0.25) is 0 Å². The smallest absolute Gasteiger partial charge is 0.0497 e. The summed E-state index contributed by atoms with van der Waals surface area (Å²) in [6.45, 7) is 2.32. The Morgan fingerprint density at radius 1 is 1.44 bits per heavy atom. The number of aliphatic hydroxyl groups excluding tert-OH is 1. The molecule has 3 rings (SSSR count). The van der Waals surface area contributed by atoms with Crippen LogP contribution in [0.25, 0.3) is 10.9 Å². The number of aromatic nitrogens is 1. The molecular formula is C15H16ClNO. The average molecular weight is 262 g/mol. The lowest BCUT2D eigenvalue weighted by molar-refractivity contribution is 0.252. The molecule has 0 bridgehead atoms. The highest BCUT2D eigenvalue weighted by molar-refractivity contribution is 6.31. The molecule has 0 aliphatic heterocycles. The van der Waals surface area contributed by atoms with E-state index in [1.165, 1.54) is 22.2 Å². The van der Waals surface area contributed by atoms with E-state index in [1.807, 2.05) is 18.2 Å². The molecule has 0 spiro atoms. The molecule has 1 atom stereocenters. The Morgan fingerprint density at radius 2 is 2.28 bits per heavy atom. The van der Waals surface area contributed by atoms with Crippen molar-refractivity contribution in [2.45, 2.75) is 19.8 Å². The Kier molecular flexibility index (Phi) is 2.92. The molecule has 1 unspecified atom stereocenters. The summed E-state index contributed by atoms with van der Waals surface area (Å²) < 4.78 is 0. The zero-order chi connectivity index (χ0) is 12.7. The summed E-state index contributed by atoms with van der Waals surface area (Å²) in [4.78, 5) is 3.48. The normalized spacial score (nSPS) is 19.5. The van der Waals surface area contributed by atoms with Crippen molar-refractivity contribution < 1.29 is 5.11 Å². The van der Waals surface area contributed by atoms with Crippen LogP contribution in [0.4, 0.5) is 0 Å². The second kappa shape index (κ2) is 4.45. The number of fused-ring (bicyclic) bond motifs is 3. The van der Waals surface area contributed by atoms with Gasteiger partial charge in [0.05, 0.1) is 0 Å². The number of halogens is 1. The lowest BCUT2D eigenvalue weighted by Crippen LogP contribution is -2.05. The molecule has 3 heteroatoms. The van der Waals surface area contributed by atoms with Gasteiger partial charge in [-0.15, -0.1) is 0 Å². The van der Waals surface area contributed by atoms with Crippen LogP contribution in [-0.4, -0.2) is 16.7 Å². The van der Waals surface area contributed by atoms with Gasteiger partial charge in [-0.25, -0.2) is 0 Å². The highest BCUT2D eigenvalue weighted by atomic mass is 35.5. The van der Waals surface area contributed by atoms with Crippen molar-refractivity contribution in [2.75, 3.05) is 6.61 Å². The molecule has 18 heavy (non-hydrogen) atoms. The second-order valence-electron chi connectivity index (χ2n) is 5.11. The van der Waals surface area contributed by atoms with Crippen LogP contribution in [0.15, 0.2) is 29.8 Å². The first-order chi connectivity index (χ1) is 8.67. The van der Waals surface area contributed by atoms with Gasteiger partial charge in [-0.2, -0.15) is 0 Å². The summed E-state index contributed by atoms with van der Waals surface area (Å²) in [5.41, 5.74) is 5.01. The van der Waals surface area contributed by atoms with Crippen LogP contribution in [-0.2, 0) is 12.8 Å². The first-order valence-electron chi connectivity index (χ1n) is 6.24. The Hall–Kier alpha value is -1.25. The molecule has 1 aromatic heterocycles. The van der Waals surface area contributed by atoms with Gasteiger partial charge in [0.15, 0.2) is 0 Å². The molecular weight excluding hydrogens is 246 g/mol. The third kappa shape index (κ3) is 1.96. The van der Waals surface area contributed by atoms with Gasteiger partial charge in [-0.3, -0.25) is 0 Å². The number of H-pyrrole nitrogens is 1. The van der Waals surface area contributed by atoms with Crippen LogP contribution in [0.3, 0.4) is 0 Å². The fraction of sp³-hybridized carbons (Fsp3) is 0.333. The van der Waals surface area contributed by atoms with Crippen molar-refractivity contribution >= 4 is 22.5 Å². The van der Waals surface area contributed by atoms with Crippen LogP contribution in [0.2, 0.25) is 5.02 Å². The number of allylic oxidation sites excluding steroid dienone is 1. The Balaban J connectivity index is 2.18. The lowest BCUT2D eigenvalue weighted by Gasteiger charge is -2.07. The van der Waals surface area contributed by atoms with E-state index in [2.05, 4.69) is 18.0 Å². The Morgan fingerprint density at radius 3 is 3.06 bits per heavy atom.